The first-order valence-electron chi connectivity index (χ1n) is 10.3. The van der Waals surface area contributed by atoms with Gasteiger partial charge in [0.05, 0.1) is 24.4 Å². The normalized spacial score (nSPS) is 20.4. The predicted molar refractivity (Wildman–Crippen MR) is 118 cm³/mol. The Kier molecular flexibility index (Phi) is 4.34. The maximum absolute atomic E-state index is 11.1. The highest BCUT2D eigenvalue weighted by Gasteiger charge is 2.42. The maximum atomic E-state index is 11.1. The molecule has 154 valence electrons. The van der Waals surface area contributed by atoms with Gasteiger partial charge in [0.15, 0.2) is 0 Å². The van der Waals surface area contributed by atoms with E-state index in [0.717, 1.165) is 50.1 Å². The molecule has 2 aromatic carbocycles. The summed E-state index contributed by atoms with van der Waals surface area (Å²) in [6, 6.07) is 16.1. The summed E-state index contributed by atoms with van der Waals surface area (Å²) in [6.07, 6.45) is -0.519. The molecular weight excluding hydrogens is 376 g/mol. The Morgan fingerprint density at radius 3 is 2.57 bits per heavy atom. The van der Waals surface area contributed by atoms with Crippen LogP contribution in [0.1, 0.15) is 42.5 Å². The SMILES string of the molecule is COc1ccc(Cc2nc3c(c4c2[nH]c2ccccc24)[C@@H](O)[C@@H](O)C(C)(C)C3)cc1. The fourth-order valence-electron chi connectivity index (χ4n) is 4.70. The number of fused-ring (bicyclic) bond motifs is 5. The zero-order chi connectivity index (χ0) is 21.0. The zero-order valence-electron chi connectivity index (χ0n) is 17.4. The number of nitrogens with one attached hydrogen (secondary N) is 1. The van der Waals surface area contributed by atoms with E-state index in [1.54, 1.807) is 7.11 Å². The fourth-order valence-corrected chi connectivity index (χ4v) is 4.70. The molecule has 0 unspecified atom stereocenters. The van der Waals surface area contributed by atoms with Crippen LogP contribution in [-0.4, -0.2) is 33.4 Å². The third-order valence-corrected chi connectivity index (χ3v) is 6.39. The summed E-state index contributed by atoms with van der Waals surface area (Å²) in [7, 11) is 1.66. The largest absolute Gasteiger partial charge is 0.497 e. The number of hydrogen-bond acceptors (Lipinski definition) is 4. The third kappa shape index (κ3) is 2.89. The van der Waals surface area contributed by atoms with Crippen molar-refractivity contribution in [2.45, 2.75) is 38.9 Å². The number of methoxy groups -OCH3 is 1. The van der Waals surface area contributed by atoms with Crippen LogP contribution in [0.3, 0.4) is 0 Å². The molecule has 2 aromatic heterocycles. The van der Waals surface area contributed by atoms with Gasteiger partial charge in [0.1, 0.15) is 11.9 Å². The van der Waals surface area contributed by atoms with Crippen molar-refractivity contribution in [1.82, 2.24) is 9.97 Å². The molecule has 0 fully saturated rings. The number of nitrogens with zero attached hydrogens (tertiary/aromatic N) is 1. The lowest BCUT2D eigenvalue weighted by molar-refractivity contribution is -0.0626. The highest BCUT2D eigenvalue weighted by atomic mass is 16.5. The molecule has 0 saturated carbocycles. The summed E-state index contributed by atoms with van der Waals surface area (Å²) in [5, 5.41) is 23.9. The van der Waals surface area contributed by atoms with Crippen molar-refractivity contribution in [3.05, 3.63) is 71.0 Å². The van der Waals surface area contributed by atoms with Crippen LogP contribution in [-0.2, 0) is 12.8 Å². The topological polar surface area (TPSA) is 78.4 Å². The van der Waals surface area contributed by atoms with E-state index in [2.05, 4.69) is 23.2 Å². The minimum absolute atomic E-state index is 0.448. The monoisotopic (exact) mass is 402 g/mol. The van der Waals surface area contributed by atoms with Gasteiger partial charge in [-0.1, -0.05) is 44.2 Å². The Morgan fingerprint density at radius 1 is 1.10 bits per heavy atom. The Hall–Kier alpha value is -2.89. The second-order valence-electron chi connectivity index (χ2n) is 8.92. The smallest absolute Gasteiger partial charge is 0.118 e. The lowest BCUT2D eigenvalue weighted by Gasteiger charge is -2.39. The minimum Gasteiger partial charge on any atom is -0.497 e. The van der Waals surface area contributed by atoms with Crippen molar-refractivity contribution in [2.75, 3.05) is 7.11 Å². The van der Waals surface area contributed by atoms with Crippen LogP contribution < -0.4 is 4.74 Å². The second-order valence-corrected chi connectivity index (χ2v) is 8.92. The first-order chi connectivity index (χ1) is 14.4. The summed E-state index contributed by atoms with van der Waals surface area (Å²) in [5.41, 5.74) is 5.20. The quantitative estimate of drug-likeness (QED) is 0.478. The first kappa shape index (κ1) is 19.1. The zero-order valence-corrected chi connectivity index (χ0v) is 17.4. The average Bonchev–Trinajstić information content (AvgIpc) is 3.12. The van der Waals surface area contributed by atoms with E-state index in [4.69, 9.17) is 9.72 Å². The molecule has 5 rings (SSSR count). The van der Waals surface area contributed by atoms with Crippen LogP contribution in [0.15, 0.2) is 48.5 Å². The number of aromatic nitrogens is 2. The Morgan fingerprint density at radius 2 is 1.83 bits per heavy atom. The number of ether oxygens (including phenoxy) is 1. The number of aliphatic hydroxyl groups is 2. The van der Waals surface area contributed by atoms with Gasteiger partial charge in [-0.05, 0) is 35.6 Å². The van der Waals surface area contributed by atoms with Gasteiger partial charge in [-0.3, -0.25) is 4.98 Å². The molecule has 3 N–H and O–H groups in total. The molecule has 30 heavy (non-hydrogen) atoms. The van der Waals surface area contributed by atoms with Crippen LogP contribution in [0.4, 0.5) is 0 Å². The molecule has 5 heteroatoms. The van der Waals surface area contributed by atoms with E-state index in [1.165, 1.54) is 0 Å². The van der Waals surface area contributed by atoms with Crippen molar-refractivity contribution in [1.29, 1.82) is 0 Å². The number of aromatic amines is 1. The molecule has 2 heterocycles. The number of pyridine rings is 1. The van der Waals surface area contributed by atoms with Gasteiger partial charge in [0, 0.05) is 34.0 Å². The van der Waals surface area contributed by atoms with E-state index >= 15 is 0 Å². The molecule has 0 bridgehead atoms. The number of para-hydroxylation sites is 1. The van der Waals surface area contributed by atoms with Crippen LogP contribution in [0, 0.1) is 5.41 Å². The molecule has 2 atom stereocenters. The van der Waals surface area contributed by atoms with Gasteiger partial charge in [0.2, 0.25) is 0 Å². The molecule has 0 radical (unpaired) electrons. The van der Waals surface area contributed by atoms with E-state index < -0.39 is 17.6 Å². The lowest BCUT2D eigenvalue weighted by Crippen LogP contribution is -2.41. The molecule has 5 nitrogen and oxygen atoms in total. The molecule has 0 amide bonds. The minimum atomic E-state index is -0.965. The van der Waals surface area contributed by atoms with E-state index in [0.29, 0.717) is 12.8 Å². The average molecular weight is 402 g/mol. The number of hydrogen-bond donors (Lipinski definition) is 3. The van der Waals surface area contributed by atoms with Gasteiger partial charge in [-0.2, -0.15) is 0 Å². The molecule has 1 aliphatic rings. The standard InChI is InChI=1S/C25H26N2O3/c1-25(2)13-19-21(23(28)24(25)29)20-16-6-4-5-7-17(16)27-22(20)18(26-19)12-14-8-10-15(30-3)11-9-14/h4-11,23-24,27-29H,12-13H2,1-3H3/t23-,24-/m1/s1. The van der Waals surface area contributed by atoms with Crippen molar-refractivity contribution in [2.24, 2.45) is 5.41 Å². The summed E-state index contributed by atoms with van der Waals surface area (Å²) >= 11 is 0. The van der Waals surface area contributed by atoms with Crippen molar-refractivity contribution in [3.8, 4) is 5.75 Å². The van der Waals surface area contributed by atoms with Crippen LogP contribution in [0.2, 0.25) is 0 Å². The number of H-pyrrole nitrogens is 1. The second kappa shape index (κ2) is 6.83. The van der Waals surface area contributed by atoms with Crippen molar-refractivity contribution < 1.29 is 14.9 Å². The summed E-state index contributed by atoms with van der Waals surface area (Å²) in [4.78, 5) is 8.54. The van der Waals surface area contributed by atoms with E-state index in [1.807, 2.05) is 44.2 Å². The molecule has 1 aliphatic carbocycles. The third-order valence-electron chi connectivity index (χ3n) is 6.39. The van der Waals surface area contributed by atoms with Gasteiger partial charge in [-0.15, -0.1) is 0 Å². The van der Waals surface area contributed by atoms with Crippen molar-refractivity contribution in [3.63, 3.8) is 0 Å². The van der Waals surface area contributed by atoms with Crippen LogP contribution in [0.25, 0.3) is 21.8 Å². The van der Waals surface area contributed by atoms with Crippen molar-refractivity contribution >= 4 is 21.8 Å². The molecule has 0 saturated heterocycles. The van der Waals surface area contributed by atoms with E-state index in [-0.39, 0.29) is 0 Å². The molecular formula is C25H26N2O3. The van der Waals surface area contributed by atoms with Gasteiger partial charge < -0.3 is 19.9 Å². The lowest BCUT2D eigenvalue weighted by atomic mass is 9.71. The summed E-state index contributed by atoms with van der Waals surface area (Å²) in [6.45, 7) is 3.96. The number of aliphatic hydroxyl groups excluding tert-OH is 2. The van der Waals surface area contributed by atoms with Crippen LogP contribution >= 0.6 is 0 Å². The molecule has 0 aliphatic heterocycles. The molecule has 4 aromatic rings. The Labute approximate surface area is 175 Å². The number of rotatable bonds is 3. The van der Waals surface area contributed by atoms with Gasteiger partial charge in [0.25, 0.3) is 0 Å². The highest BCUT2D eigenvalue weighted by Crippen LogP contribution is 2.45. The number of benzene rings is 2. The first-order valence-corrected chi connectivity index (χ1v) is 10.3. The van der Waals surface area contributed by atoms with Crippen LogP contribution in [0.5, 0.6) is 5.75 Å². The van der Waals surface area contributed by atoms with E-state index in [9.17, 15) is 10.2 Å². The Bertz CT molecular complexity index is 1240. The maximum Gasteiger partial charge on any atom is 0.118 e. The van der Waals surface area contributed by atoms with Gasteiger partial charge in [-0.25, -0.2) is 0 Å². The van der Waals surface area contributed by atoms with Gasteiger partial charge >= 0.3 is 0 Å². The predicted octanol–water partition coefficient (Wildman–Crippen LogP) is 4.29. The molecule has 0 spiro atoms. The fraction of sp³-hybridized carbons (Fsp3) is 0.320. The highest BCUT2D eigenvalue weighted by molar-refractivity contribution is 6.10. The summed E-state index contributed by atoms with van der Waals surface area (Å²) < 4.78 is 5.28. The summed E-state index contributed by atoms with van der Waals surface area (Å²) in [5.74, 6) is 0.826. The Balaban J connectivity index is 1.75.